The number of aromatic nitrogens is 1. The Hall–Kier alpha value is -0.360. The Labute approximate surface area is 97.1 Å². The number of rotatable bonds is 1. The van der Waals surface area contributed by atoms with Crippen LogP contribution in [0.4, 0.5) is 0 Å². The van der Waals surface area contributed by atoms with Gasteiger partial charge < -0.3 is 10.4 Å². The summed E-state index contributed by atoms with van der Waals surface area (Å²) >= 11 is 2.17. The Kier molecular flexibility index (Phi) is 3.22. The van der Waals surface area contributed by atoms with Crippen molar-refractivity contribution in [1.29, 1.82) is 0 Å². The Morgan fingerprint density at radius 1 is 1.43 bits per heavy atom. The van der Waals surface area contributed by atoms with Crippen molar-refractivity contribution in [2.45, 2.75) is 25.3 Å². The summed E-state index contributed by atoms with van der Waals surface area (Å²) < 4.78 is 0.933. The van der Waals surface area contributed by atoms with E-state index in [1.165, 1.54) is 12.8 Å². The molecule has 1 aliphatic rings. The third-order valence-electron chi connectivity index (χ3n) is 2.51. The summed E-state index contributed by atoms with van der Waals surface area (Å²) in [6, 6.07) is 3.78. The zero-order valence-corrected chi connectivity index (χ0v) is 9.99. The van der Waals surface area contributed by atoms with Gasteiger partial charge in [-0.25, -0.2) is 4.98 Å². The average molecular weight is 304 g/mol. The second-order valence-electron chi connectivity index (χ2n) is 3.54. The average Bonchev–Trinajstić information content (AvgIpc) is 2.23. The fourth-order valence-electron chi connectivity index (χ4n) is 1.78. The van der Waals surface area contributed by atoms with Crippen LogP contribution in [0.5, 0.6) is 5.75 Å². The predicted octanol–water partition coefficient (Wildman–Crippen LogP) is 2.21. The van der Waals surface area contributed by atoms with E-state index < -0.39 is 0 Å². The van der Waals surface area contributed by atoms with E-state index in [0.717, 1.165) is 22.4 Å². The van der Waals surface area contributed by atoms with Crippen LogP contribution in [-0.2, 0) is 0 Å². The molecule has 0 aliphatic carbocycles. The van der Waals surface area contributed by atoms with E-state index in [2.05, 4.69) is 32.9 Å². The lowest BCUT2D eigenvalue weighted by Gasteiger charge is -2.23. The zero-order chi connectivity index (χ0) is 9.97. The smallest absolute Gasteiger partial charge is 0.138 e. The number of nitrogens with one attached hydrogen (secondary N) is 1. The SMILES string of the molecule is Oc1ccc(I)nc1C1CCCCN1. The fraction of sp³-hybridized carbons (Fsp3) is 0.500. The molecule has 0 saturated carbocycles. The van der Waals surface area contributed by atoms with Gasteiger partial charge in [-0.15, -0.1) is 0 Å². The first-order chi connectivity index (χ1) is 6.77. The molecule has 1 aliphatic heterocycles. The van der Waals surface area contributed by atoms with Gasteiger partial charge in [0.05, 0.1) is 6.04 Å². The number of aromatic hydroxyl groups is 1. The maximum absolute atomic E-state index is 9.68. The van der Waals surface area contributed by atoms with Gasteiger partial charge in [-0.05, 0) is 54.1 Å². The lowest BCUT2D eigenvalue weighted by Crippen LogP contribution is -2.27. The monoisotopic (exact) mass is 304 g/mol. The van der Waals surface area contributed by atoms with Gasteiger partial charge in [0.1, 0.15) is 15.1 Å². The van der Waals surface area contributed by atoms with Crippen LogP contribution in [-0.4, -0.2) is 16.6 Å². The number of piperidine rings is 1. The van der Waals surface area contributed by atoms with Crippen molar-refractivity contribution in [2.24, 2.45) is 0 Å². The summed E-state index contributed by atoms with van der Waals surface area (Å²) in [5.41, 5.74) is 0.802. The topological polar surface area (TPSA) is 45.2 Å². The van der Waals surface area contributed by atoms with Crippen LogP contribution in [0.15, 0.2) is 12.1 Å². The summed E-state index contributed by atoms with van der Waals surface area (Å²) in [6.45, 7) is 1.03. The quantitative estimate of drug-likeness (QED) is 0.617. The van der Waals surface area contributed by atoms with Crippen molar-refractivity contribution in [1.82, 2.24) is 10.3 Å². The number of hydrogen-bond acceptors (Lipinski definition) is 3. The number of nitrogens with zero attached hydrogens (tertiary/aromatic N) is 1. The van der Waals surface area contributed by atoms with E-state index in [4.69, 9.17) is 0 Å². The number of halogens is 1. The van der Waals surface area contributed by atoms with Crippen molar-refractivity contribution in [2.75, 3.05) is 6.54 Å². The van der Waals surface area contributed by atoms with Gasteiger partial charge in [0.2, 0.25) is 0 Å². The zero-order valence-electron chi connectivity index (χ0n) is 7.83. The molecule has 1 aromatic heterocycles. The minimum Gasteiger partial charge on any atom is -0.506 e. The first-order valence-corrected chi connectivity index (χ1v) is 5.94. The molecular weight excluding hydrogens is 291 g/mol. The lowest BCUT2D eigenvalue weighted by molar-refractivity contribution is 0.382. The van der Waals surface area contributed by atoms with Gasteiger partial charge in [-0.2, -0.15) is 0 Å². The highest BCUT2D eigenvalue weighted by molar-refractivity contribution is 14.1. The maximum Gasteiger partial charge on any atom is 0.138 e. The Bertz CT molecular complexity index is 324. The van der Waals surface area contributed by atoms with Crippen molar-refractivity contribution in [3.8, 4) is 5.75 Å². The van der Waals surface area contributed by atoms with Crippen molar-refractivity contribution in [3.05, 3.63) is 21.5 Å². The standard InChI is InChI=1S/C10H13IN2O/c11-9-5-4-8(14)10(13-9)7-3-1-2-6-12-7/h4-5,7,12,14H,1-3,6H2. The van der Waals surface area contributed by atoms with E-state index in [-0.39, 0.29) is 6.04 Å². The highest BCUT2D eigenvalue weighted by Gasteiger charge is 2.19. The molecule has 2 N–H and O–H groups in total. The van der Waals surface area contributed by atoms with Crippen LogP contribution in [0.3, 0.4) is 0 Å². The van der Waals surface area contributed by atoms with E-state index in [1.807, 2.05) is 6.07 Å². The molecule has 0 aromatic carbocycles. The summed E-state index contributed by atoms with van der Waals surface area (Å²) in [5, 5.41) is 13.1. The van der Waals surface area contributed by atoms with Crippen LogP contribution >= 0.6 is 22.6 Å². The first kappa shape index (κ1) is 10.2. The van der Waals surface area contributed by atoms with Crippen molar-refractivity contribution >= 4 is 22.6 Å². The van der Waals surface area contributed by atoms with Crippen LogP contribution in [0.25, 0.3) is 0 Å². The molecule has 0 bridgehead atoms. The Morgan fingerprint density at radius 2 is 2.29 bits per heavy atom. The Balaban J connectivity index is 2.24. The molecule has 14 heavy (non-hydrogen) atoms. The molecule has 0 radical (unpaired) electrons. The van der Waals surface area contributed by atoms with Gasteiger partial charge in [0, 0.05) is 0 Å². The molecule has 1 fully saturated rings. The van der Waals surface area contributed by atoms with Gasteiger partial charge in [-0.3, -0.25) is 0 Å². The molecule has 2 rings (SSSR count). The van der Waals surface area contributed by atoms with Gasteiger partial charge >= 0.3 is 0 Å². The first-order valence-electron chi connectivity index (χ1n) is 4.86. The third-order valence-corrected chi connectivity index (χ3v) is 3.11. The van der Waals surface area contributed by atoms with Crippen LogP contribution in [0.1, 0.15) is 31.0 Å². The van der Waals surface area contributed by atoms with Crippen LogP contribution in [0, 0.1) is 3.70 Å². The molecule has 4 heteroatoms. The van der Waals surface area contributed by atoms with E-state index >= 15 is 0 Å². The van der Waals surface area contributed by atoms with Gasteiger partial charge in [0.15, 0.2) is 0 Å². The van der Waals surface area contributed by atoms with Crippen molar-refractivity contribution in [3.63, 3.8) is 0 Å². The molecular formula is C10H13IN2O. The van der Waals surface area contributed by atoms with Crippen molar-refractivity contribution < 1.29 is 5.11 Å². The van der Waals surface area contributed by atoms with Crippen LogP contribution in [0.2, 0.25) is 0 Å². The largest absolute Gasteiger partial charge is 0.506 e. The molecule has 0 amide bonds. The normalized spacial score (nSPS) is 22.2. The maximum atomic E-state index is 9.68. The predicted molar refractivity (Wildman–Crippen MR) is 63.2 cm³/mol. The molecule has 1 unspecified atom stereocenters. The lowest BCUT2D eigenvalue weighted by atomic mass is 10.0. The molecule has 1 aromatic rings. The minimum absolute atomic E-state index is 0.235. The number of pyridine rings is 1. The van der Waals surface area contributed by atoms with E-state index in [0.29, 0.717) is 5.75 Å². The Morgan fingerprint density at radius 3 is 3.00 bits per heavy atom. The highest BCUT2D eigenvalue weighted by Crippen LogP contribution is 2.28. The second kappa shape index (κ2) is 4.44. The fourth-order valence-corrected chi connectivity index (χ4v) is 2.22. The van der Waals surface area contributed by atoms with Crippen LogP contribution < -0.4 is 5.32 Å². The van der Waals surface area contributed by atoms with E-state index in [1.54, 1.807) is 6.07 Å². The summed E-state index contributed by atoms with van der Waals surface area (Å²) in [4.78, 5) is 4.37. The molecule has 3 nitrogen and oxygen atoms in total. The molecule has 1 saturated heterocycles. The highest BCUT2D eigenvalue weighted by atomic mass is 127. The van der Waals surface area contributed by atoms with Gasteiger partial charge in [-0.1, -0.05) is 6.42 Å². The van der Waals surface area contributed by atoms with E-state index in [9.17, 15) is 5.11 Å². The molecule has 0 spiro atoms. The summed E-state index contributed by atoms with van der Waals surface area (Å²) in [6.07, 6.45) is 3.51. The second-order valence-corrected chi connectivity index (χ2v) is 4.65. The molecule has 76 valence electrons. The summed E-state index contributed by atoms with van der Waals surface area (Å²) in [5.74, 6) is 0.310. The minimum atomic E-state index is 0.235. The molecule has 2 heterocycles. The number of hydrogen-bond donors (Lipinski definition) is 2. The third kappa shape index (κ3) is 2.17. The molecule has 1 atom stereocenters. The summed E-state index contributed by atoms with van der Waals surface area (Å²) in [7, 11) is 0. The van der Waals surface area contributed by atoms with Gasteiger partial charge in [0.25, 0.3) is 0 Å².